The molecule has 7 rings (SSSR count). The minimum Gasteiger partial charge on any atom is -0.368 e. The predicted molar refractivity (Wildman–Crippen MR) is 173 cm³/mol. The zero-order valence-electron chi connectivity index (χ0n) is 24.5. The van der Waals surface area contributed by atoms with Gasteiger partial charge in [-0.05, 0) is 108 Å². The Hall–Kier alpha value is -4.09. The maximum absolute atomic E-state index is 10.1. The maximum atomic E-state index is 10.1. The molecule has 1 aromatic carbocycles. The van der Waals surface area contributed by atoms with E-state index in [1.165, 1.54) is 46.3 Å². The molecule has 0 bridgehead atoms. The third kappa shape index (κ3) is 5.66. The first-order chi connectivity index (χ1) is 20.8. The second kappa shape index (κ2) is 12.0. The van der Waals surface area contributed by atoms with E-state index >= 15 is 0 Å². The normalized spacial score (nSPS) is 28.5. The number of allylic oxidation sites excluding steroid dienone is 15. The van der Waals surface area contributed by atoms with E-state index in [1.807, 2.05) is 0 Å². The van der Waals surface area contributed by atoms with Gasteiger partial charge in [0.1, 0.15) is 0 Å². The molecule has 5 aliphatic carbocycles. The molecular weight excluding hydrogens is 508 g/mol. The van der Waals surface area contributed by atoms with Crippen molar-refractivity contribution in [2.45, 2.75) is 50.9 Å². The van der Waals surface area contributed by atoms with Crippen LogP contribution in [0.15, 0.2) is 148 Å². The summed E-state index contributed by atoms with van der Waals surface area (Å²) in [7, 11) is 0. The molecule has 0 radical (unpaired) electrons. The molecule has 1 aromatic rings. The van der Waals surface area contributed by atoms with Crippen LogP contribution < -0.4 is 0 Å². The van der Waals surface area contributed by atoms with Crippen molar-refractivity contribution in [2.24, 2.45) is 17.8 Å². The fourth-order valence-electron chi connectivity index (χ4n) is 7.63. The average Bonchev–Trinajstić information content (AvgIpc) is 3.79. The van der Waals surface area contributed by atoms with E-state index in [0.717, 1.165) is 50.8 Å². The minimum absolute atomic E-state index is 0.617. The predicted octanol–water partition coefficient (Wildman–Crippen LogP) is 9.37. The number of hydrogen-bond acceptors (Lipinski definition) is 2. The second-order valence-electron chi connectivity index (χ2n) is 12.6. The van der Waals surface area contributed by atoms with Gasteiger partial charge in [-0.1, -0.05) is 103 Å². The SMILES string of the molecule is N#C/C(=C\C1=CC=C(C2C(c3ccccc3)C2[C@H]2C=CC=CC2)CC1)C1=CC=C(C2=CN(CC3=CCCC=C3)C2)CC1. The van der Waals surface area contributed by atoms with Crippen molar-refractivity contribution in [1.82, 2.24) is 4.90 Å². The smallest absolute Gasteiger partial charge is 0.0994 e. The summed E-state index contributed by atoms with van der Waals surface area (Å²) in [6, 6.07) is 13.6. The van der Waals surface area contributed by atoms with Crippen LogP contribution in [0.5, 0.6) is 0 Å². The van der Waals surface area contributed by atoms with Crippen LogP contribution in [-0.4, -0.2) is 18.0 Å². The lowest BCUT2D eigenvalue weighted by atomic mass is 9.86. The van der Waals surface area contributed by atoms with Crippen LogP contribution >= 0.6 is 0 Å². The van der Waals surface area contributed by atoms with Gasteiger partial charge in [0.2, 0.25) is 0 Å². The van der Waals surface area contributed by atoms with Crippen LogP contribution in [0, 0.1) is 29.1 Å². The first-order valence-electron chi connectivity index (χ1n) is 15.9. The molecule has 1 heterocycles. The van der Waals surface area contributed by atoms with Gasteiger partial charge in [0.15, 0.2) is 0 Å². The highest BCUT2D eigenvalue weighted by molar-refractivity contribution is 5.53. The lowest BCUT2D eigenvalue weighted by Gasteiger charge is -2.34. The van der Waals surface area contributed by atoms with E-state index in [0.29, 0.717) is 23.7 Å². The first kappa shape index (κ1) is 26.8. The van der Waals surface area contributed by atoms with Gasteiger partial charge in [0.05, 0.1) is 11.6 Å². The molecule has 1 saturated carbocycles. The van der Waals surface area contributed by atoms with Gasteiger partial charge in [-0.2, -0.15) is 5.26 Å². The molecule has 1 fully saturated rings. The molecular formula is C40H40N2. The van der Waals surface area contributed by atoms with Gasteiger partial charge < -0.3 is 4.90 Å². The summed E-state index contributed by atoms with van der Waals surface area (Å²) < 4.78 is 0. The van der Waals surface area contributed by atoms with Crippen molar-refractivity contribution >= 4 is 0 Å². The summed E-state index contributed by atoms with van der Waals surface area (Å²) in [5, 5.41) is 10.1. The van der Waals surface area contributed by atoms with Crippen LogP contribution in [0.4, 0.5) is 0 Å². The summed E-state index contributed by atoms with van der Waals surface area (Å²) >= 11 is 0. The molecule has 0 spiro atoms. The second-order valence-corrected chi connectivity index (χ2v) is 12.6. The molecule has 2 heteroatoms. The molecule has 0 saturated heterocycles. The Morgan fingerprint density at radius 2 is 1.81 bits per heavy atom. The summed E-state index contributed by atoms with van der Waals surface area (Å²) in [6.07, 6.45) is 37.3. The highest BCUT2D eigenvalue weighted by atomic mass is 15.1. The Balaban J connectivity index is 1.02. The summed E-state index contributed by atoms with van der Waals surface area (Å²) in [5.41, 5.74) is 10.7. The summed E-state index contributed by atoms with van der Waals surface area (Å²) in [6.45, 7) is 2.05. The van der Waals surface area contributed by atoms with E-state index < -0.39 is 0 Å². The molecule has 210 valence electrons. The van der Waals surface area contributed by atoms with Gasteiger partial charge in [0, 0.05) is 19.3 Å². The Labute approximate surface area is 251 Å². The van der Waals surface area contributed by atoms with Crippen molar-refractivity contribution in [2.75, 3.05) is 13.1 Å². The third-order valence-electron chi connectivity index (χ3n) is 9.94. The van der Waals surface area contributed by atoms with Gasteiger partial charge >= 0.3 is 0 Å². The monoisotopic (exact) mass is 548 g/mol. The Bertz CT molecular complexity index is 1570. The van der Waals surface area contributed by atoms with Gasteiger partial charge in [-0.25, -0.2) is 0 Å². The molecule has 1 aliphatic heterocycles. The van der Waals surface area contributed by atoms with Crippen molar-refractivity contribution < 1.29 is 0 Å². The fourth-order valence-corrected chi connectivity index (χ4v) is 7.63. The largest absolute Gasteiger partial charge is 0.368 e. The van der Waals surface area contributed by atoms with E-state index in [2.05, 4.69) is 120 Å². The Morgan fingerprint density at radius 1 is 0.905 bits per heavy atom. The molecule has 6 aliphatic rings. The maximum Gasteiger partial charge on any atom is 0.0994 e. The van der Waals surface area contributed by atoms with E-state index in [9.17, 15) is 5.26 Å². The zero-order valence-corrected chi connectivity index (χ0v) is 24.5. The number of nitrogens with zero attached hydrogens (tertiary/aromatic N) is 2. The van der Waals surface area contributed by atoms with Crippen molar-refractivity contribution in [1.29, 1.82) is 5.26 Å². The molecule has 3 unspecified atom stereocenters. The first-order valence-corrected chi connectivity index (χ1v) is 15.9. The molecule has 0 N–H and O–H groups in total. The van der Waals surface area contributed by atoms with Crippen molar-refractivity contribution in [3.8, 4) is 6.07 Å². The lowest BCUT2D eigenvalue weighted by Crippen LogP contribution is -2.32. The average molecular weight is 549 g/mol. The van der Waals surface area contributed by atoms with Gasteiger partial charge in [0.25, 0.3) is 0 Å². The van der Waals surface area contributed by atoms with Crippen LogP contribution in [0.1, 0.15) is 56.4 Å². The highest BCUT2D eigenvalue weighted by Gasteiger charge is 2.54. The van der Waals surface area contributed by atoms with E-state index in [1.54, 1.807) is 5.57 Å². The van der Waals surface area contributed by atoms with Crippen LogP contribution in [0.2, 0.25) is 0 Å². The van der Waals surface area contributed by atoms with Crippen molar-refractivity contribution in [3.63, 3.8) is 0 Å². The van der Waals surface area contributed by atoms with Crippen LogP contribution in [0.3, 0.4) is 0 Å². The summed E-state index contributed by atoms with van der Waals surface area (Å²) in [5.74, 6) is 2.56. The van der Waals surface area contributed by atoms with Crippen LogP contribution in [0.25, 0.3) is 0 Å². The van der Waals surface area contributed by atoms with Crippen molar-refractivity contribution in [3.05, 3.63) is 154 Å². The molecule has 0 amide bonds. The third-order valence-corrected chi connectivity index (χ3v) is 9.94. The molecule has 2 nitrogen and oxygen atoms in total. The number of nitriles is 1. The highest BCUT2D eigenvalue weighted by Crippen LogP contribution is 2.63. The van der Waals surface area contributed by atoms with E-state index in [4.69, 9.17) is 0 Å². The molecule has 4 atom stereocenters. The fraction of sp³-hybridized carbons (Fsp3) is 0.325. The number of hydrogen-bond donors (Lipinski definition) is 0. The van der Waals surface area contributed by atoms with Gasteiger partial charge in [-0.3, -0.25) is 0 Å². The number of benzene rings is 1. The Kier molecular flexibility index (Phi) is 7.67. The Morgan fingerprint density at radius 3 is 2.50 bits per heavy atom. The zero-order chi connectivity index (χ0) is 28.3. The number of rotatable bonds is 8. The molecule has 42 heavy (non-hydrogen) atoms. The van der Waals surface area contributed by atoms with E-state index in [-0.39, 0.29) is 0 Å². The lowest BCUT2D eigenvalue weighted by molar-refractivity contribution is 0.390. The summed E-state index contributed by atoms with van der Waals surface area (Å²) in [4.78, 5) is 2.41. The quantitative estimate of drug-likeness (QED) is 0.303. The molecule has 0 aromatic heterocycles. The van der Waals surface area contributed by atoms with Crippen LogP contribution in [-0.2, 0) is 0 Å². The van der Waals surface area contributed by atoms with Gasteiger partial charge in [-0.15, -0.1) is 0 Å². The standard InChI is InChI=1S/C40H40N2/c41-25-36(31-20-22-32(23-21-31)37-27-42(28-37)26-30-10-4-1-5-11-30)24-29-16-18-35(19-17-29)40-38(33-12-6-2-7-13-33)39(40)34-14-8-3-9-15-34/h2-4,6-14,16,18,20,22,24,27,34,38-40H,1,5,15,17,19,21,23,26,28H2/b36-24+/t34-,38?,39?,40?/m0/s1. The minimum atomic E-state index is 0.617. The topological polar surface area (TPSA) is 27.0 Å².